The number of rotatable bonds is 8. The van der Waals surface area contributed by atoms with Gasteiger partial charge in [-0.15, -0.1) is 24.8 Å². The van der Waals surface area contributed by atoms with Gasteiger partial charge in [-0.3, -0.25) is 4.79 Å². The van der Waals surface area contributed by atoms with Crippen molar-refractivity contribution in [2.24, 2.45) is 11.7 Å². The lowest BCUT2D eigenvalue weighted by atomic mass is 9.83. The molecule has 6 nitrogen and oxygen atoms in total. The number of hydrogen-bond acceptors (Lipinski definition) is 4. The third-order valence-corrected chi connectivity index (χ3v) is 4.19. The molecular formula is C16H30Cl2N4O2. The van der Waals surface area contributed by atoms with Crippen LogP contribution in [-0.2, 0) is 16.0 Å². The number of aryl methyl sites for hydroxylation is 1. The Morgan fingerprint density at radius 3 is 2.92 bits per heavy atom. The fraction of sp³-hybridized carbons (Fsp3) is 0.750. The number of nitrogens with one attached hydrogen (secondary N) is 2. The van der Waals surface area contributed by atoms with Crippen molar-refractivity contribution in [2.45, 2.75) is 57.6 Å². The Labute approximate surface area is 156 Å². The highest BCUT2D eigenvalue weighted by atomic mass is 35.5. The van der Waals surface area contributed by atoms with Gasteiger partial charge in [0.1, 0.15) is 5.82 Å². The van der Waals surface area contributed by atoms with Crippen molar-refractivity contribution in [1.29, 1.82) is 0 Å². The van der Waals surface area contributed by atoms with Gasteiger partial charge in [-0.25, -0.2) is 4.98 Å². The van der Waals surface area contributed by atoms with E-state index in [0.29, 0.717) is 6.54 Å². The second kappa shape index (κ2) is 12.5. The van der Waals surface area contributed by atoms with Crippen LogP contribution in [0, 0.1) is 5.92 Å². The molecule has 0 unspecified atom stereocenters. The molecule has 1 fully saturated rings. The molecule has 0 spiro atoms. The number of nitrogens with two attached hydrogens (primary N) is 1. The highest BCUT2D eigenvalue weighted by molar-refractivity contribution is 5.85. The van der Waals surface area contributed by atoms with Gasteiger partial charge in [0, 0.05) is 43.9 Å². The Morgan fingerprint density at radius 2 is 2.25 bits per heavy atom. The summed E-state index contributed by atoms with van der Waals surface area (Å²) >= 11 is 0. The number of hydrogen-bond donors (Lipinski definition) is 3. The van der Waals surface area contributed by atoms with E-state index in [1.54, 1.807) is 6.20 Å². The molecule has 2 rings (SSSR count). The normalized spacial score (nSPS) is 23.0. The number of halogens is 2. The van der Waals surface area contributed by atoms with Crippen LogP contribution in [0.15, 0.2) is 12.4 Å². The number of nitrogens with zero attached hydrogens (tertiary/aromatic N) is 1. The summed E-state index contributed by atoms with van der Waals surface area (Å²) in [5.41, 5.74) is 6.09. The van der Waals surface area contributed by atoms with E-state index in [0.717, 1.165) is 51.0 Å². The third-order valence-electron chi connectivity index (χ3n) is 4.19. The lowest BCUT2D eigenvalue weighted by Crippen LogP contribution is -2.46. The molecule has 0 aromatic carbocycles. The zero-order valence-corrected chi connectivity index (χ0v) is 15.8. The lowest BCUT2D eigenvalue weighted by Gasteiger charge is -2.33. The molecule has 1 aromatic heterocycles. The first-order valence-electron chi connectivity index (χ1n) is 8.33. The molecule has 1 aliphatic rings. The van der Waals surface area contributed by atoms with E-state index in [-0.39, 0.29) is 48.8 Å². The Bertz CT molecular complexity index is 445. The number of aromatic nitrogens is 2. The SMILES string of the molecule is CCCO[C@@H]1C[C@@H](C(=O)NCCCc2ncc[nH]2)CC[C@H]1N.Cl.Cl. The number of H-pyrrole nitrogens is 1. The molecule has 3 atom stereocenters. The topological polar surface area (TPSA) is 93.0 Å². The summed E-state index contributed by atoms with van der Waals surface area (Å²) in [4.78, 5) is 19.5. The molecule has 0 aliphatic heterocycles. The van der Waals surface area contributed by atoms with E-state index in [4.69, 9.17) is 10.5 Å². The fourth-order valence-corrected chi connectivity index (χ4v) is 2.90. The summed E-state index contributed by atoms with van der Waals surface area (Å²) < 4.78 is 5.78. The average Bonchev–Trinajstić information content (AvgIpc) is 3.04. The number of carbonyl (C=O) groups excluding carboxylic acids is 1. The third kappa shape index (κ3) is 7.38. The second-order valence-corrected chi connectivity index (χ2v) is 6.01. The predicted molar refractivity (Wildman–Crippen MR) is 99.8 cm³/mol. The van der Waals surface area contributed by atoms with E-state index in [1.807, 2.05) is 6.20 Å². The number of carbonyl (C=O) groups is 1. The van der Waals surface area contributed by atoms with Gasteiger partial charge in [-0.1, -0.05) is 6.92 Å². The number of ether oxygens (including phenoxy) is 1. The first kappa shape index (κ1) is 23.2. The standard InChI is InChI=1S/C16H28N4O2.2ClH/c1-2-10-22-14-11-12(5-6-13(14)17)16(21)20-7-3-4-15-18-8-9-19-15;;/h8-9,12-14H,2-7,10-11,17H2,1H3,(H,18,19)(H,20,21);2*1H/t12-,13+,14+;;/m0../s1. The largest absolute Gasteiger partial charge is 0.377 e. The molecule has 140 valence electrons. The summed E-state index contributed by atoms with van der Waals surface area (Å²) in [7, 11) is 0. The van der Waals surface area contributed by atoms with Crippen LogP contribution >= 0.6 is 24.8 Å². The molecule has 0 saturated heterocycles. The van der Waals surface area contributed by atoms with Gasteiger partial charge in [0.2, 0.25) is 5.91 Å². The quantitative estimate of drug-likeness (QED) is 0.602. The van der Waals surface area contributed by atoms with Crippen LogP contribution in [0.4, 0.5) is 0 Å². The minimum Gasteiger partial charge on any atom is -0.377 e. The van der Waals surface area contributed by atoms with Crippen LogP contribution in [0.5, 0.6) is 0 Å². The fourth-order valence-electron chi connectivity index (χ4n) is 2.90. The highest BCUT2D eigenvalue weighted by Crippen LogP contribution is 2.26. The molecule has 0 bridgehead atoms. The summed E-state index contributed by atoms with van der Waals surface area (Å²) in [5.74, 6) is 1.13. The smallest absolute Gasteiger partial charge is 0.223 e. The number of amides is 1. The van der Waals surface area contributed by atoms with E-state index < -0.39 is 0 Å². The van der Waals surface area contributed by atoms with Gasteiger partial charge in [0.05, 0.1) is 6.10 Å². The molecule has 8 heteroatoms. The maximum Gasteiger partial charge on any atom is 0.223 e. The van der Waals surface area contributed by atoms with Crippen molar-refractivity contribution in [2.75, 3.05) is 13.2 Å². The van der Waals surface area contributed by atoms with E-state index in [9.17, 15) is 4.79 Å². The Balaban J connectivity index is 0.00000264. The Morgan fingerprint density at radius 1 is 1.46 bits per heavy atom. The van der Waals surface area contributed by atoms with E-state index in [2.05, 4.69) is 22.2 Å². The molecule has 4 N–H and O–H groups in total. The molecule has 1 saturated carbocycles. The van der Waals surface area contributed by atoms with Crippen LogP contribution in [0.3, 0.4) is 0 Å². The summed E-state index contributed by atoms with van der Waals surface area (Å²) in [5, 5.41) is 3.03. The summed E-state index contributed by atoms with van der Waals surface area (Å²) in [6, 6.07) is 0.0644. The predicted octanol–water partition coefficient (Wildman–Crippen LogP) is 2.22. The molecule has 24 heavy (non-hydrogen) atoms. The van der Waals surface area contributed by atoms with Crippen molar-refractivity contribution >= 4 is 30.7 Å². The summed E-state index contributed by atoms with van der Waals surface area (Å²) in [6.07, 6.45) is 8.76. The zero-order valence-electron chi connectivity index (χ0n) is 14.2. The molecule has 1 amide bonds. The van der Waals surface area contributed by atoms with Crippen molar-refractivity contribution in [1.82, 2.24) is 15.3 Å². The molecule has 1 aliphatic carbocycles. The van der Waals surface area contributed by atoms with Gasteiger partial charge in [0.15, 0.2) is 0 Å². The summed E-state index contributed by atoms with van der Waals surface area (Å²) in [6.45, 7) is 3.48. The van der Waals surface area contributed by atoms with Crippen LogP contribution in [0.1, 0.15) is 44.9 Å². The maximum absolute atomic E-state index is 12.3. The average molecular weight is 381 g/mol. The Hall–Kier alpha value is -0.820. The molecule has 1 heterocycles. The van der Waals surface area contributed by atoms with Crippen LogP contribution in [0.25, 0.3) is 0 Å². The minimum absolute atomic E-state index is 0. The lowest BCUT2D eigenvalue weighted by molar-refractivity contribution is -0.128. The van der Waals surface area contributed by atoms with Gasteiger partial charge in [-0.2, -0.15) is 0 Å². The van der Waals surface area contributed by atoms with Crippen LogP contribution in [-0.4, -0.2) is 41.2 Å². The van der Waals surface area contributed by atoms with Gasteiger partial charge in [0.25, 0.3) is 0 Å². The van der Waals surface area contributed by atoms with Gasteiger partial charge >= 0.3 is 0 Å². The first-order chi connectivity index (χ1) is 10.7. The first-order valence-corrected chi connectivity index (χ1v) is 8.33. The Kier molecular flexibility index (Phi) is 12.1. The second-order valence-electron chi connectivity index (χ2n) is 6.01. The van der Waals surface area contributed by atoms with Gasteiger partial charge < -0.3 is 20.8 Å². The molecular weight excluding hydrogens is 351 g/mol. The maximum atomic E-state index is 12.3. The minimum atomic E-state index is 0. The number of aromatic amines is 1. The molecule has 1 aromatic rings. The van der Waals surface area contributed by atoms with Crippen molar-refractivity contribution in [3.63, 3.8) is 0 Å². The van der Waals surface area contributed by atoms with Crippen LogP contribution in [0.2, 0.25) is 0 Å². The van der Waals surface area contributed by atoms with E-state index in [1.165, 1.54) is 0 Å². The van der Waals surface area contributed by atoms with Crippen LogP contribution < -0.4 is 11.1 Å². The monoisotopic (exact) mass is 380 g/mol. The van der Waals surface area contributed by atoms with Crippen molar-refractivity contribution in [3.8, 4) is 0 Å². The highest BCUT2D eigenvalue weighted by Gasteiger charge is 2.32. The van der Waals surface area contributed by atoms with Crippen molar-refractivity contribution in [3.05, 3.63) is 18.2 Å². The number of imidazole rings is 1. The van der Waals surface area contributed by atoms with Crippen molar-refractivity contribution < 1.29 is 9.53 Å². The van der Waals surface area contributed by atoms with Gasteiger partial charge in [-0.05, 0) is 32.1 Å². The molecule has 0 radical (unpaired) electrons. The zero-order chi connectivity index (χ0) is 15.8. The van der Waals surface area contributed by atoms with E-state index >= 15 is 0 Å².